The second-order valence-corrected chi connectivity index (χ2v) is 12.5. The highest BCUT2D eigenvalue weighted by Gasteiger charge is 2.32. The molecule has 0 aromatic heterocycles. The summed E-state index contributed by atoms with van der Waals surface area (Å²) in [4.78, 5) is 27.8. The van der Waals surface area contributed by atoms with Crippen molar-refractivity contribution >= 4 is 23.6 Å². The number of amides is 1. The molecule has 1 aliphatic carbocycles. The molecular weight excluding hydrogens is 520 g/mol. The zero-order valence-corrected chi connectivity index (χ0v) is 25.2. The summed E-state index contributed by atoms with van der Waals surface area (Å²) in [6, 6.07) is 13.6. The van der Waals surface area contributed by atoms with Crippen molar-refractivity contribution in [1.82, 2.24) is 10.2 Å². The lowest BCUT2D eigenvalue weighted by Crippen LogP contribution is -2.41. The summed E-state index contributed by atoms with van der Waals surface area (Å²) in [5, 5.41) is 12.5. The second kappa shape index (κ2) is 15.0. The summed E-state index contributed by atoms with van der Waals surface area (Å²) in [6.45, 7) is 6.99. The van der Waals surface area contributed by atoms with Crippen LogP contribution in [0.25, 0.3) is 11.1 Å². The Morgan fingerprint density at radius 1 is 1.12 bits per heavy atom. The van der Waals surface area contributed by atoms with Gasteiger partial charge in [-0.25, -0.2) is 4.79 Å². The molecule has 1 amide bonds. The molecule has 1 heterocycles. The van der Waals surface area contributed by atoms with E-state index >= 15 is 0 Å². The predicted molar refractivity (Wildman–Crippen MR) is 164 cm³/mol. The third-order valence-corrected chi connectivity index (χ3v) is 9.28. The highest BCUT2D eigenvalue weighted by Crippen LogP contribution is 2.32. The summed E-state index contributed by atoms with van der Waals surface area (Å²) < 4.78 is 6.43. The quantitative estimate of drug-likeness (QED) is 0.286. The van der Waals surface area contributed by atoms with E-state index in [1.54, 1.807) is 11.8 Å². The zero-order chi connectivity index (χ0) is 28.5. The first-order valence-corrected chi connectivity index (χ1v) is 16.4. The second-order valence-electron chi connectivity index (χ2n) is 11.5. The Morgan fingerprint density at radius 3 is 2.60 bits per heavy atom. The number of aliphatic carboxylic acids is 1. The number of nitrogens with zero attached hydrogens (tertiary/aromatic N) is 1. The molecule has 1 saturated heterocycles. The van der Waals surface area contributed by atoms with E-state index in [1.807, 2.05) is 49.6 Å². The van der Waals surface area contributed by atoms with Crippen molar-refractivity contribution in [1.29, 1.82) is 0 Å². The first kappa shape index (κ1) is 30.6. The van der Waals surface area contributed by atoms with E-state index in [1.165, 1.54) is 44.9 Å². The van der Waals surface area contributed by atoms with Gasteiger partial charge in [-0.15, -0.1) is 0 Å². The molecule has 0 spiro atoms. The van der Waals surface area contributed by atoms with Gasteiger partial charge in [0.2, 0.25) is 0 Å². The van der Waals surface area contributed by atoms with Gasteiger partial charge in [-0.05, 0) is 84.9 Å². The normalized spacial score (nSPS) is 20.9. The molecule has 7 heteroatoms. The van der Waals surface area contributed by atoms with Crippen LogP contribution in [-0.2, 0) is 16.1 Å². The smallest absolute Gasteiger partial charge is 0.326 e. The van der Waals surface area contributed by atoms with Crippen molar-refractivity contribution in [2.24, 2.45) is 5.92 Å². The molecule has 0 bridgehead atoms. The van der Waals surface area contributed by atoms with Crippen molar-refractivity contribution < 1.29 is 19.4 Å². The van der Waals surface area contributed by atoms with E-state index in [9.17, 15) is 14.7 Å². The summed E-state index contributed by atoms with van der Waals surface area (Å²) in [5.74, 6) is -0.00190. The van der Waals surface area contributed by atoms with Gasteiger partial charge in [-0.2, -0.15) is 11.8 Å². The van der Waals surface area contributed by atoms with Crippen molar-refractivity contribution in [3.05, 3.63) is 59.2 Å². The lowest BCUT2D eigenvalue weighted by Gasteiger charge is -2.28. The average Bonchev–Trinajstić information content (AvgIpc) is 3.36. The molecule has 0 unspecified atom stereocenters. The molecule has 1 saturated carbocycles. The van der Waals surface area contributed by atoms with E-state index in [0.717, 1.165) is 42.0 Å². The van der Waals surface area contributed by atoms with Crippen molar-refractivity contribution in [2.45, 2.75) is 89.9 Å². The summed E-state index contributed by atoms with van der Waals surface area (Å²) >= 11 is 1.57. The number of rotatable bonds is 13. The molecule has 2 aromatic rings. The number of thioether (sulfide) groups is 1. The van der Waals surface area contributed by atoms with Gasteiger partial charge in [0.15, 0.2) is 0 Å². The molecule has 3 atom stereocenters. The summed E-state index contributed by atoms with van der Waals surface area (Å²) in [5.41, 5.74) is 4.60. The van der Waals surface area contributed by atoms with Crippen LogP contribution in [0, 0.1) is 12.8 Å². The number of likely N-dealkylation sites (tertiary alicyclic amines) is 1. The van der Waals surface area contributed by atoms with Gasteiger partial charge in [-0.1, -0.05) is 62.9 Å². The van der Waals surface area contributed by atoms with E-state index in [-0.39, 0.29) is 5.91 Å². The molecule has 218 valence electrons. The Morgan fingerprint density at radius 2 is 1.90 bits per heavy atom. The highest BCUT2D eigenvalue weighted by molar-refractivity contribution is 7.98. The fourth-order valence-electron chi connectivity index (χ4n) is 6.18. The maximum Gasteiger partial charge on any atom is 0.326 e. The minimum Gasteiger partial charge on any atom is -0.480 e. The Bertz CT molecular complexity index is 1130. The minimum atomic E-state index is -1.00. The first-order chi connectivity index (χ1) is 19.4. The van der Waals surface area contributed by atoms with Crippen molar-refractivity contribution in [3.63, 3.8) is 0 Å². The number of ether oxygens (including phenoxy) is 1. The maximum atomic E-state index is 13.4. The largest absolute Gasteiger partial charge is 0.480 e. The lowest BCUT2D eigenvalue weighted by molar-refractivity contribution is -0.139. The van der Waals surface area contributed by atoms with Crippen LogP contribution in [0.15, 0.2) is 42.5 Å². The van der Waals surface area contributed by atoms with Crippen molar-refractivity contribution in [2.75, 3.05) is 25.2 Å². The molecular formula is C33H46N2O4S. The molecule has 6 nitrogen and oxygen atoms in total. The SMILES string of the molecule is CC[C@@H]1C[C@H](COC2CCCCC2)N(Cc2ccc(C(=O)N[C@@H](CCSC)C(=O)O)c(-c3ccccc3C)c2)C1. The summed E-state index contributed by atoms with van der Waals surface area (Å²) in [6.07, 6.45) is 11.3. The Balaban J connectivity index is 1.56. The molecule has 2 N–H and O–H groups in total. The Labute approximate surface area is 244 Å². The predicted octanol–water partition coefficient (Wildman–Crippen LogP) is 6.55. The number of hydrogen-bond acceptors (Lipinski definition) is 5. The van der Waals surface area contributed by atoms with Gasteiger partial charge >= 0.3 is 5.97 Å². The van der Waals surface area contributed by atoms with E-state index in [2.05, 4.69) is 23.2 Å². The Hall–Kier alpha value is -2.35. The molecule has 2 aliphatic rings. The number of carboxylic acid groups (broad SMARTS) is 1. The molecule has 1 aliphatic heterocycles. The molecule has 2 fully saturated rings. The van der Waals surface area contributed by atoms with Crippen LogP contribution in [0.4, 0.5) is 0 Å². The van der Waals surface area contributed by atoms with E-state index in [0.29, 0.717) is 35.8 Å². The van der Waals surface area contributed by atoms with Crippen LogP contribution >= 0.6 is 11.8 Å². The molecule has 2 aromatic carbocycles. The van der Waals surface area contributed by atoms with Crippen molar-refractivity contribution in [3.8, 4) is 11.1 Å². The third kappa shape index (κ3) is 8.11. The molecule has 0 radical (unpaired) electrons. The monoisotopic (exact) mass is 566 g/mol. The topological polar surface area (TPSA) is 78.9 Å². The third-order valence-electron chi connectivity index (χ3n) is 8.63. The maximum absolute atomic E-state index is 13.4. The van der Waals surface area contributed by atoms with Gasteiger partial charge < -0.3 is 15.2 Å². The van der Waals surface area contributed by atoms with E-state index < -0.39 is 12.0 Å². The highest BCUT2D eigenvalue weighted by atomic mass is 32.2. The van der Waals surface area contributed by atoms with Crippen LogP contribution in [0.5, 0.6) is 0 Å². The summed E-state index contributed by atoms with van der Waals surface area (Å²) in [7, 11) is 0. The number of nitrogens with one attached hydrogen (secondary N) is 1. The first-order valence-electron chi connectivity index (χ1n) is 15.0. The number of carbonyl (C=O) groups excluding carboxylic acids is 1. The fourth-order valence-corrected chi connectivity index (χ4v) is 6.65. The lowest BCUT2D eigenvalue weighted by atomic mass is 9.93. The number of carbonyl (C=O) groups is 2. The van der Waals surface area contributed by atoms with Crippen LogP contribution in [0.2, 0.25) is 0 Å². The van der Waals surface area contributed by atoms with Gasteiger partial charge in [0.1, 0.15) is 6.04 Å². The van der Waals surface area contributed by atoms with Gasteiger partial charge in [-0.3, -0.25) is 9.69 Å². The average molecular weight is 567 g/mol. The minimum absolute atomic E-state index is 0.343. The Kier molecular flexibility index (Phi) is 11.5. The zero-order valence-electron chi connectivity index (χ0n) is 24.4. The van der Waals surface area contributed by atoms with Crippen LogP contribution in [-0.4, -0.2) is 65.2 Å². The molecule has 40 heavy (non-hydrogen) atoms. The van der Waals surface area contributed by atoms with Crippen LogP contribution < -0.4 is 5.32 Å². The number of hydrogen-bond donors (Lipinski definition) is 2. The van der Waals surface area contributed by atoms with Gasteiger partial charge in [0.05, 0.1) is 12.7 Å². The van der Waals surface area contributed by atoms with Crippen LogP contribution in [0.3, 0.4) is 0 Å². The van der Waals surface area contributed by atoms with E-state index in [4.69, 9.17) is 4.74 Å². The standard InChI is InChI=1S/C33H46N2O4S/c1-4-24-18-26(22-39-27-11-6-5-7-12-27)35(20-24)21-25-14-15-29(30(19-25)28-13-9-8-10-23(28)2)32(36)34-31(33(37)38)16-17-40-3/h8-10,13-15,19,24,26-27,31H,4-7,11-12,16-18,20-22H2,1-3H3,(H,34,36)(H,37,38)/t24-,26-,31+/m1/s1. The van der Waals surface area contributed by atoms with Gasteiger partial charge in [0, 0.05) is 24.7 Å². The fraction of sp³-hybridized carbons (Fsp3) is 0.576. The van der Waals surface area contributed by atoms with Crippen LogP contribution in [0.1, 0.15) is 79.8 Å². The number of carboxylic acids is 1. The van der Waals surface area contributed by atoms with Gasteiger partial charge in [0.25, 0.3) is 5.91 Å². The number of aryl methyl sites for hydroxylation is 1. The number of benzene rings is 2. The molecule has 4 rings (SSSR count).